The lowest BCUT2D eigenvalue weighted by Gasteiger charge is -2.26. The first kappa shape index (κ1) is 31.0. The summed E-state index contributed by atoms with van der Waals surface area (Å²) in [6.45, 7) is -0.695. The molecule has 2 unspecified atom stereocenters. The molecular formula is C31H38O11. The summed E-state index contributed by atoms with van der Waals surface area (Å²) in [5.74, 6) is 1.36. The highest BCUT2D eigenvalue weighted by molar-refractivity contribution is 5.58. The number of ether oxygens (including phenoxy) is 6. The fraction of sp³-hybridized carbons (Fsp3) is 0.419. The smallest absolute Gasteiger partial charge is 0.204 e. The van der Waals surface area contributed by atoms with Crippen molar-refractivity contribution in [2.24, 2.45) is 0 Å². The minimum absolute atomic E-state index is 0.0628. The number of hydrogen-bond donors (Lipinski definition) is 5. The summed E-state index contributed by atoms with van der Waals surface area (Å²) in [7, 11) is 5.84. The van der Waals surface area contributed by atoms with Crippen LogP contribution in [0.4, 0.5) is 0 Å². The van der Waals surface area contributed by atoms with Gasteiger partial charge in [0.25, 0.3) is 0 Å². The lowest BCUT2D eigenvalue weighted by Crippen LogP contribution is -2.29. The number of benzene rings is 3. The molecule has 11 nitrogen and oxygen atoms in total. The minimum Gasteiger partial charge on any atom is -0.504 e. The van der Waals surface area contributed by atoms with E-state index in [-0.39, 0.29) is 42.0 Å². The van der Waals surface area contributed by atoms with Gasteiger partial charge in [0.05, 0.1) is 47.6 Å². The second kappa shape index (κ2) is 13.8. The predicted octanol–water partition coefficient (Wildman–Crippen LogP) is 3.03. The molecule has 0 spiro atoms. The molecule has 0 amide bonds. The molecule has 0 fully saturated rings. The molecule has 0 bridgehead atoms. The van der Waals surface area contributed by atoms with E-state index in [1.165, 1.54) is 39.5 Å². The van der Waals surface area contributed by atoms with Gasteiger partial charge in [-0.1, -0.05) is 12.1 Å². The Morgan fingerprint density at radius 1 is 0.833 bits per heavy atom. The molecule has 11 heteroatoms. The van der Waals surface area contributed by atoms with Gasteiger partial charge in [0.2, 0.25) is 5.75 Å². The third-order valence-electron chi connectivity index (χ3n) is 7.35. The van der Waals surface area contributed by atoms with Crippen molar-refractivity contribution in [2.75, 3.05) is 48.3 Å². The van der Waals surface area contributed by atoms with Crippen LogP contribution in [0, 0.1) is 0 Å². The Morgan fingerprint density at radius 2 is 1.50 bits per heavy atom. The van der Waals surface area contributed by atoms with Crippen LogP contribution in [0.25, 0.3) is 0 Å². The van der Waals surface area contributed by atoms with Crippen LogP contribution in [-0.2, 0) is 6.42 Å². The van der Waals surface area contributed by atoms with Crippen molar-refractivity contribution < 1.29 is 54.0 Å². The Morgan fingerprint density at radius 3 is 2.07 bits per heavy atom. The molecule has 1 aliphatic heterocycles. The van der Waals surface area contributed by atoms with Gasteiger partial charge in [0.15, 0.2) is 40.6 Å². The topological polar surface area (TPSA) is 157 Å². The summed E-state index contributed by atoms with van der Waals surface area (Å²) in [5.41, 5.74) is 2.74. The second-order valence-electron chi connectivity index (χ2n) is 9.84. The zero-order valence-electron chi connectivity index (χ0n) is 24.1. The van der Waals surface area contributed by atoms with Crippen LogP contribution in [-0.4, -0.2) is 79.9 Å². The van der Waals surface area contributed by atoms with Gasteiger partial charge in [-0.05, 0) is 54.3 Å². The van der Waals surface area contributed by atoms with E-state index in [2.05, 4.69) is 0 Å². The van der Waals surface area contributed by atoms with E-state index in [1.807, 2.05) is 12.1 Å². The number of aryl methyl sites for hydroxylation is 1. The Balaban J connectivity index is 1.68. The average Bonchev–Trinajstić information content (AvgIpc) is 3.40. The van der Waals surface area contributed by atoms with E-state index in [1.54, 1.807) is 19.2 Å². The monoisotopic (exact) mass is 586 g/mol. The Bertz CT molecular complexity index is 1330. The summed E-state index contributed by atoms with van der Waals surface area (Å²) in [6.07, 6.45) is -1.81. The van der Waals surface area contributed by atoms with Crippen molar-refractivity contribution >= 4 is 0 Å². The summed E-state index contributed by atoms with van der Waals surface area (Å²) in [5, 5.41) is 50.8. The molecule has 3 aromatic rings. The molecule has 0 aliphatic carbocycles. The number of aromatic hydroxyl groups is 1. The fourth-order valence-electron chi connectivity index (χ4n) is 5.16. The van der Waals surface area contributed by atoms with Crippen LogP contribution >= 0.6 is 0 Å². The normalized spacial score (nSPS) is 17.1. The van der Waals surface area contributed by atoms with Gasteiger partial charge < -0.3 is 54.0 Å². The van der Waals surface area contributed by atoms with E-state index in [4.69, 9.17) is 28.4 Å². The van der Waals surface area contributed by atoms with Crippen molar-refractivity contribution in [3.05, 3.63) is 64.7 Å². The molecule has 0 aromatic heterocycles. The Labute approximate surface area is 244 Å². The quantitative estimate of drug-likeness (QED) is 0.189. The zero-order chi connectivity index (χ0) is 30.4. The maximum Gasteiger partial charge on any atom is 0.204 e. The highest BCUT2D eigenvalue weighted by Crippen LogP contribution is 2.53. The first-order valence-electron chi connectivity index (χ1n) is 13.5. The number of rotatable bonds is 14. The number of aliphatic hydroxyl groups is 4. The summed E-state index contributed by atoms with van der Waals surface area (Å²) < 4.78 is 34.4. The van der Waals surface area contributed by atoms with Crippen LogP contribution in [0.5, 0.6) is 40.2 Å². The number of aliphatic hydroxyl groups excluding tert-OH is 4. The highest BCUT2D eigenvalue weighted by atomic mass is 16.6. The largest absolute Gasteiger partial charge is 0.504 e. The van der Waals surface area contributed by atoms with Gasteiger partial charge >= 0.3 is 0 Å². The summed E-state index contributed by atoms with van der Waals surface area (Å²) in [6, 6.07) is 11.6. The second-order valence-corrected chi connectivity index (χ2v) is 9.84. The molecule has 5 N–H and O–H groups in total. The Kier molecular flexibility index (Phi) is 10.2. The molecule has 0 saturated heterocycles. The molecule has 228 valence electrons. The van der Waals surface area contributed by atoms with Crippen molar-refractivity contribution in [1.29, 1.82) is 0 Å². The lowest BCUT2D eigenvalue weighted by molar-refractivity contribution is -0.00180. The summed E-state index contributed by atoms with van der Waals surface area (Å²) in [4.78, 5) is 0. The first-order chi connectivity index (χ1) is 20.3. The van der Waals surface area contributed by atoms with Crippen molar-refractivity contribution in [3.8, 4) is 40.2 Å². The zero-order valence-corrected chi connectivity index (χ0v) is 24.1. The van der Waals surface area contributed by atoms with Crippen LogP contribution in [0.1, 0.15) is 46.8 Å². The number of phenols is 1. The van der Waals surface area contributed by atoms with Crippen LogP contribution in [0.15, 0.2) is 42.5 Å². The van der Waals surface area contributed by atoms with Gasteiger partial charge in [0.1, 0.15) is 12.2 Å². The standard InChI is InChI=1S/C31H38O11/c1-37-23-12-18(7-8-22(23)35)28(36)27(16-34)41-31-25(39-3)13-19(14-26(31)40-4)29-21(15-33)20-10-17(6-5-9-32)11-24(38-2)30(20)42-29/h7-8,10-14,21,27-29,32-36H,5-6,9,15-16H2,1-4H3/t21-,27?,28?,29+/m0/s1. The first-order valence-corrected chi connectivity index (χ1v) is 13.5. The van der Waals surface area contributed by atoms with Gasteiger partial charge in [0, 0.05) is 17.7 Å². The predicted molar refractivity (Wildman–Crippen MR) is 152 cm³/mol. The number of phenolic OH excluding ortho intramolecular Hbond substituents is 1. The lowest BCUT2D eigenvalue weighted by atomic mass is 9.90. The van der Waals surface area contributed by atoms with Crippen molar-refractivity contribution in [1.82, 2.24) is 0 Å². The van der Waals surface area contributed by atoms with Gasteiger partial charge in [-0.3, -0.25) is 0 Å². The maximum atomic E-state index is 11.0. The molecule has 1 aliphatic rings. The molecule has 4 rings (SSSR count). The van der Waals surface area contributed by atoms with Gasteiger partial charge in [-0.2, -0.15) is 0 Å². The third-order valence-corrected chi connectivity index (χ3v) is 7.35. The molecule has 0 saturated carbocycles. The summed E-state index contributed by atoms with van der Waals surface area (Å²) >= 11 is 0. The van der Waals surface area contributed by atoms with Crippen molar-refractivity contribution in [2.45, 2.75) is 37.1 Å². The van der Waals surface area contributed by atoms with Crippen LogP contribution < -0.4 is 28.4 Å². The number of methoxy groups -OCH3 is 4. The maximum absolute atomic E-state index is 11.0. The molecule has 3 aromatic carbocycles. The van der Waals surface area contributed by atoms with E-state index >= 15 is 0 Å². The van der Waals surface area contributed by atoms with Crippen LogP contribution in [0.3, 0.4) is 0 Å². The molecule has 42 heavy (non-hydrogen) atoms. The van der Waals surface area contributed by atoms with Gasteiger partial charge in [-0.15, -0.1) is 0 Å². The number of hydrogen-bond acceptors (Lipinski definition) is 11. The van der Waals surface area contributed by atoms with E-state index in [0.717, 1.165) is 11.1 Å². The number of fused-ring (bicyclic) bond motifs is 1. The van der Waals surface area contributed by atoms with E-state index in [0.29, 0.717) is 35.5 Å². The molecular weight excluding hydrogens is 548 g/mol. The third kappa shape index (κ3) is 6.14. The van der Waals surface area contributed by atoms with Crippen LogP contribution in [0.2, 0.25) is 0 Å². The minimum atomic E-state index is -1.29. The molecule has 4 atom stereocenters. The average molecular weight is 587 g/mol. The Hall–Kier alpha value is -3.90. The molecule has 1 heterocycles. The van der Waals surface area contributed by atoms with Crippen molar-refractivity contribution in [3.63, 3.8) is 0 Å². The fourth-order valence-corrected chi connectivity index (χ4v) is 5.16. The van der Waals surface area contributed by atoms with Gasteiger partial charge in [-0.25, -0.2) is 0 Å². The SMILES string of the molecule is COc1cc(C(O)C(CO)Oc2c(OC)cc([C@H]3Oc4c(OC)cc(CCCO)cc4[C@@H]3CO)cc2OC)ccc1O. The highest BCUT2D eigenvalue weighted by Gasteiger charge is 2.39. The molecule has 0 radical (unpaired) electrons. The van der Waals surface area contributed by atoms with E-state index < -0.39 is 30.8 Å². The van der Waals surface area contributed by atoms with E-state index in [9.17, 15) is 25.5 Å².